The third-order valence-corrected chi connectivity index (χ3v) is 2.29. The number of benzene rings is 1. The minimum atomic E-state index is -1.61. The van der Waals surface area contributed by atoms with Crippen LogP contribution in [0, 0.1) is 0 Å². The number of anilines is 1. The lowest BCUT2D eigenvalue weighted by Crippen LogP contribution is -2.14. The Balaban J connectivity index is 3.11. The van der Waals surface area contributed by atoms with Crippen LogP contribution in [0.15, 0.2) is 18.2 Å². The zero-order valence-electron chi connectivity index (χ0n) is 8.59. The van der Waals surface area contributed by atoms with E-state index < -0.39 is 12.1 Å². The first kappa shape index (κ1) is 12.2. The predicted molar refractivity (Wildman–Crippen MR) is 57.8 cm³/mol. The van der Waals surface area contributed by atoms with Gasteiger partial charge in [0.25, 0.3) is 0 Å². The zero-order valence-corrected chi connectivity index (χ0v) is 8.59. The predicted octanol–water partition coefficient (Wildman–Crippen LogP) is 0.518. The molecule has 0 amide bonds. The van der Waals surface area contributed by atoms with E-state index in [4.69, 9.17) is 10.8 Å². The van der Waals surface area contributed by atoms with Gasteiger partial charge in [0.05, 0.1) is 0 Å². The smallest absolute Gasteiger partial charge is 0.337 e. The van der Waals surface area contributed by atoms with Gasteiger partial charge in [-0.2, -0.15) is 0 Å². The standard InChI is InChI=1S/C11H13NO4/c12-9-5-1-3-8(10(14)11(15)16)7(9)4-2-6-13/h1,3,5-6,10,14H,2,4,12H2,(H,15,16). The summed E-state index contributed by atoms with van der Waals surface area (Å²) in [6.45, 7) is 0. The lowest BCUT2D eigenvalue weighted by atomic mass is 9.97. The number of aliphatic hydroxyl groups excluding tert-OH is 1. The molecule has 0 saturated heterocycles. The third-order valence-electron chi connectivity index (χ3n) is 2.29. The van der Waals surface area contributed by atoms with Crippen LogP contribution in [0.3, 0.4) is 0 Å². The van der Waals surface area contributed by atoms with E-state index in [1.54, 1.807) is 12.1 Å². The van der Waals surface area contributed by atoms with Crippen molar-refractivity contribution in [3.05, 3.63) is 29.3 Å². The van der Waals surface area contributed by atoms with E-state index in [0.29, 0.717) is 17.7 Å². The molecule has 1 aromatic carbocycles. The molecule has 0 fully saturated rings. The van der Waals surface area contributed by atoms with Gasteiger partial charge in [0.2, 0.25) is 0 Å². The van der Waals surface area contributed by atoms with Crippen molar-refractivity contribution in [2.45, 2.75) is 18.9 Å². The molecule has 0 aliphatic heterocycles. The zero-order chi connectivity index (χ0) is 12.1. The normalized spacial score (nSPS) is 12.1. The van der Waals surface area contributed by atoms with Gasteiger partial charge >= 0.3 is 5.97 Å². The molecule has 0 heterocycles. The Morgan fingerprint density at radius 2 is 2.19 bits per heavy atom. The molecule has 0 radical (unpaired) electrons. The first-order valence-electron chi connectivity index (χ1n) is 4.79. The van der Waals surface area contributed by atoms with Gasteiger partial charge in [-0.1, -0.05) is 12.1 Å². The molecule has 0 aliphatic rings. The van der Waals surface area contributed by atoms with E-state index in [2.05, 4.69) is 0 Å². The number of hydrogen-bond donors (Lipinski definition) is 3. The second kappa shape index (κ2) is 5.27. The van der Waals surface area contributed by atoms with Gasteiger partial charge in [0.15, 0.2) is 6.10 Å². The van der Waals surface area contributed by atoms with Crippen LogP contribution >= 0.6 is 0 Å². The molecule has 1 unspecified atom stereocenters. The second-order valence-corrected chi connectivity index (χ2v) is 3.36. The number of hydrogen-bond acceptors (Lipinski definition) is 4. The van der Waals surface area contributed by atoms with Crippen molar-refractivity contribution in [2.24, 2.45) is 0 Å². The molecule has 1 aromatic rings. The summed E-state index contributed by atoms with van der Waals surface area (Å²) in [5, 5.41) is 18.2. The highest BCUT2D eigenvalue weighted by molar-refractivity contribution is 5.75. The molecule has 1 atom stereocenters. The van der Waals surface area contributed by atoms with Gasteiger partial charge < -0.3 is 20.7 Å². The molecular formula is C11H13NO4. The highest BCUT2D eigenvalue weighted by Crippen LogP contribution is 2.24. The van der Waals surface area contributed by atoms with Crippen molar-refractivity contribution in [3.63, 3.8) is 0 Å². The molecule has 16 heavy (non-hydrogen) atoms. The molecule has 4 N–H and O–H groups in total. The van der Waals surface area contributed by atoms with Gasteiger partial charge in [-0.25, -0.2) is 4.79 Å². The highest BCUT2D eigenvalue weighted by Gasteiger charge is 2.20. The number of carboxylic acids is 1. The Kier molecular flexibility index (Phi) is 4.02. The van der Waals surface area contributed by atoms with E-state index in [1.165, 1.54) is 6.07 Å². The maximum Gasteiger partial charge on any atom is 0.337 e. The van der Waals surface area contributed by atoms with Crippen LogP contribution in [0.5, 0.6) is 0 Å². The van der Waals surface area contributed by atoms with Crippen molar-refractivity contribution < 1.29 is 19.8 Å². The van der Waals surface area contributed by atoms with E-state index in [0.717, 1.165) is 6.29 Å². The number of aliphatic hydroxyl groups is 1. The number of carbonyl (C=O) groups excluding carboxylic acids is 1. The topological polar surface area (TPSA) is 101 Å². The van der Waals surface area contributed by atoms with Crippen molar-refractivity contribution in [3.8, 4) is 0 Å². The Morgan fingerprint density at radius 3 is 2.75 bits per heavy atom. The Bertz CT molecular complexity index is 403. The van der Waals surface area contributed by atoms with Crippen LogP contribution < -0.4 is 5.73 Å². The lowest BCUT2D eigenvalue weighted by molar-refractivity contribution is -0.147. The maximum absolute atomic E-state index is 10.7. The number of carboxylic acid groups (broad SMARTS) is 1. The summed E-state index contributed by atoms with van der Waals surface area (Å²) in [5.74, 6) is -1.34. The number of aliphatic carboxylic acids is 1. The van der Waals surface area contributed by atoms with Crippen LogP contribution in [-0.4, -0.2) is 22.5 Å². The Hall–Kier alpha value is -1.88. The van der Waals surface area contributed by atoms with Crippen LogP contribution in [0.1, 0.15) is 23.7 Å². The quantitative estimate of drug-likeness (QED) is 0.499. The van der Waals surface area contributed by atoms with Gasteiger partial charge in [-0.05, 0) is 23.6 Å². The largest absolute Gasteiger partial charge is 0.479 e. The van der Waals surface area contributed by atoms with Crippen LogP contribution in [0.25, 0.3) is 0 Å². The van der Waals surface area contributed by atoms with E-state index in [-0.39, 0.29) is 12.0 Å². The van der Waals surface area contributed by atoms with Crippen LogP contribution in [0.2, 0.25) is 0 Å². The van der Waals surface area contributed by atoms with Crippen LogP contribution in [0.4, 0.5) is 5.69 Å². The van der Waals surface area contributed by atoms with Gasteiger partial charge in [0.1, 0.15) is 6.29 Å². The van der Waals surface area contributed by atoms with Crippen molar-refractivity contribution in [1.29, 1.82) is 0 Å². The first-order valence-corrected chi connectivity index (χ1v) is 4.79. The second-order valence-electron chi connectivity index (χ2n) is 3.36. The number of rotatable bonds is 5. The van der Waals surface area contributed by atoms with E-state index >= 15 is 0 Å². The fourth-order valence-electron chi connectivity index (χ4n) is 1.50. The maximum atomic E-state index is 10.7. The summed E-state index contributed by atoms with van der Waals surface area (Å²) in [5.41, 5.74) is 6.83. The van der Waals surface area contributed by atoms with E-state index in [9.17, 15) is 14.7 Å². The Morgan fingerprint density at radius 1 is 1.50 bits per heavy atom. The molecule has 0 bridgehead atoms. The number of carbonyl (C=O) groups is 2. The van der Waals surface area contributed by atoms with Crippen molar-refractivity contribution in [1.82, 2.24) is 0 Å². The van der Waals surface area contributed by atoms with Crippen LogP contribution in [-0.2, 0) is 16.0 Å². The number of nitrogens with two attached hydrogens (primary N) is 1. The number of nitrogen functional groups attached to an aromatic ring is 1. The van der Waals surface area contributed by atoms with Gasteiger partial charge in [-0.3, -0.25) is 0 Å². The lowest BCUT2D eigenvalue weighted by Gasteiger charge is -2.13. The fraction of sp³-hybridized carbons (Fsp3) is 0.273. The van der Waals surface area contributed by atoms with Crippen molar-refractivity contribution in [2.75, 3.05) is 5.73 Å². The van der Waals surface area contributed by atoms with Gasteiger partial charge in [0, 0.05) is 12.1 Å². The summed E-state index contributed by atoms with van der Waals surface area (Å²) in [6.07, 6.45) is -0.308. The summed E-state index contributed by atoms with van der Waals surface area (Å²) in [4.78, 5) is 21.0. The first-order chi connectivity index (χ1) is 7.57. The molecular weight excluding hydrogens is 210 g/mol. The summed E-state index contributed by atoms with van der Waals surface area (Å²) < 4.78 is 0. The fourth-order valence-corrected chi connectivity index (χ4v) is 1.50. The molecule has 0 aromatic heterocycles. The average molecular weight is 223 g/mol. The summed E-state index contributed by atoms with van der Waals surface area (Å²) in [7, 11) is 0. The molecule has 86 valence electrons. The molecule has 0 saturated carbocycles. The molecule has 5 heteroatoms. The number of aldehydes is 1. The minimum absolute atomic E-state index is 0.244. The van der Waals surface area contributed by atoms with Crippen molar-refractivity contribution >= 4 is 17.9 Å². The van der Waals surface area contributed by atoms with E-state index in [1.807, 2.05) is 0 Å². The molecule has 0 spiro atoms. The molecule has 1 rings (SSSR count). The summed E-state index contributed by atoms with van der Waals surface area (Å²) >= 11 is 0. The monoisotopic (exact) mass is 223 g/mol. The molecule has 0 aliphatic carbocycles. The summed E-state index contributed by atoms with van der Waals surface area (Å²) in [6, 6.07) is 4.68. The Labute approximate surface area is 92.5 Å². The minimum Gasteiger partial charge on any atom is -0.479 e. The van der Waals surface area contributed by atoms with Gasteiger partial charge in [-0.15, -0.1) is 0 Å². The highest BCUT2D eigenvalue weighted by atomic mass is 16.4. The third kappa shape index (κ3) is 2.58. The molecule has 5 nitrogen and oxygen atoms in total. The average Bonchev–Trinajstić information content (AvgIpc) is 2.26. The SMILES string of the molecule is Nc1cccc(C(O)C(=O)O)c1CCC=O.